The summed E-state index contributed by atoms with van der Waals surface area (Å²) in [5.74, 6) is 0.789. The van der Waals surface area contributed by atoms with Gasteiger partial charge in [0.1, 0.15) is 11.4 Å². The number of halogens is 1. The molecule has 2 atom stereocenters. The van der Waals surface area contributed by atoms with Gasteiger partial charge < -0.3 is 33.5 Å². The fourth-order valence-electron chi connectivity index (χ4n) is 3.88. The van der Waals surface area contributed by atoms with Crippen molar-refractivity contribution >= 4 is 11.7 Å². The number of ether oxygens (including phenoxy) is 2. The summed E-state index contributed by atoms with van der Waals surface area (Å²) >= 11 is 0. The maximum Gasteiger partial charge on any atom is 0.302 e. The van der Waals surface area contributed by atoms with Crippen LogP contribution >= 0.6 is 0 Å². The van der Waals surface area contributed by atoms with E-state index >= 15 is 0 Å². The average molecular weight is 489 g/mol. The highest BCUT2D eigenvalue weighted by Crippen LogP contribution is 2.38. The maximum absolute atomic E-state index is 10.9. The molecule has 154 valence electrons. The number of carbonyl (C=O) groups is 1. The summed E-state index contributed by atoms with van der Waals surface area (Å²) in [6.07, 6.45) is 5.78. The Bertz CT molecular complexity index is 603. The number of hydrogen-bond acceptors (Lipinski definition) is 3. The molecule has 1 heterocycles. The van der Waals surface area contributed by atoms with Crippen molar-refractivity contribution in [2.24, 2.45) is 0 Å². The van der Waals surface area contributed by atoms with Crippen molar-refractivity contribution in [1.29, 1.82) is 0 Å². The second kappa shape index (κ2) is 11.2. The SMILES string of the molecule is CCCCCCOc1ccc2c(c1)C(C)(C)C(C)[NH+]2CCCOC(C)=O.[I-]. The van der Waals surface area contributed by atoms with Gasteiger partial charge in [-0.25, -0.2) is 0 Å². The highest BCUT2D eigenvalue weighted by Gasteiger charge is 2.46. The molecule has 2 unspecified atom stereocenters. The molecule has 27 heavy (non-hydrogen) atoms. The predicted molar refractivity (Wildman–Crippen MR) is 105 cm³/mol. The molecule has 1 aromatic rings. The molecule has 0 spiro atoms. The van der Waals surface area contributed by atoms with Crippen molar-refractivity contribution < 1.29 is 43.1 Å². The first kappa shape index (κ1) is 24.2. The third-order valence-corrected chi connectivity index (χ3v) is 5.80. The summed E-state index contributed by atoms with van der Waals surface area (Å²) in [4.78, 5) is 12.4. The lowest BCUT2D eigenvalue weighted by Gasteiger charge is -2.26. The topological polar surface area (TPSA) is 40.0 Å². The monoisotopic (exact) mass is 489 g/mol. The number of nitrogens with one attached hydrogen (secondary N) is 1. The van der Waals surface area contributed by atoms with Crippen LogP contribution < -0.4 is 33.6 Å². The molecule has 2 rings (SSSR count). The smallest absolute Gasteiger partial charge is 0.302 e. The lowest BCUT2D eigenvalue weighted by molar-refractivity contribution is -0.856. The van der Waals surface area contributed by atoms with E-state index in [1.165, 1.54) is 42.3 Å². The Morgan fingerprint density at radius 2 is 1.89 bits per heavy atom. The molecule has 0 aliphatic carbocycles. The van der Waals surface area contributed by atoms with Crippen LogP contribution in [0, 0.1) is 0 Å². The number of unbranched alkanes of at least 4 members (excludes halogenated alkanes) is 3. The molecule has 0 radical (unpaired) electrons. The predicted octanol–water partition coefficient (Wildman–Crippen LogP) is 0.799. The number of quaternary nitrogens is 1. The van der Waals surface area contributed by atoms with Gasteiger partial charge in [0.15, 0.2) is 0 Å². The zero-order valence-electron chi connectivity index (χ0n) is 17.6. The van der Waals surface area contributed by atoms with Crippen molar-refractivity contribution in [1.82, 2.24) is 0 Å². The minimum absolute atomic E-state index is 0. The summed E-state index contributed by atoms with van der Waals surface area (Å²) in [6.45, 7) is 12.9. The van der Waals surface area contributed by atoms with Crippen LogP contribution in [0.15, 0.2) is 18.2 Å². The van der Waals surface area contributed by atoms with Crippen LogP contribution in [0.4, 0.5) is 5.69 Å². The minimum Gasteiger partial charge on any atom is -1.00 e. The molecule has 0 saturated heterocycles. The number of benzene rings is 1. The van der Waals surface area contributed by atoms with Crippen LogP contribution in [0.5, 0.6) is 5.75 Å². The Kier molecular flexibility index (Phi) is 10.1. The second-order valence-corrected chi connectivity index (χ2v) is 8.03. The van der Waals surface area contributed by atoms with Crippen LogP contribution in [0.3, 0.4) is 0 Å². The van der Waals surface area contributed by atoms with E-state index in [1.54, 1.807) is 0 Å². The first-order valence-electron chi connectivity index (χ1n) is 10.1. The Balaban J connectivity index is 0.00000364. The van der Waals surface area contributed by atoms with E-state index in [-0.39, 0.29) is 35.4 Å². The van der Waals surface area contributed by atoms with Gasteiger partial charge in [-0.3, -0.25) is 9.69 Å². The van der Waals surface area contributed by atoms with E-state index < -0.39 is 0 Å². The lowest BCUT2D eigenvalue weighted by Crippen LogP contribution is -3.10. The highest BCUT2D eigenvalue weighted by atomic mass is 127. The lowest BCUT2D eigenvalue weighted by atomic mass is 9.81. The molecule has 1 aliphatic rings. The van der Waals surface area contributed by atoms with Gasteiger partial charge in [0.25, 0.3) is 0 Å². The number of carbonyl (C=O) groups excluding carboxylic acids is 1. The molecular formula is C22H36INO3. The molecular weight excluding hydrogens is 453 g/mol. The van der Waals surface area contributed by atoms with Crippen molar-refractivity contribution in [3.05, 3.63) is 23.8 Å². The number of rotatable bonds is 10. The molecule has 1 aliphatic heterocycles. The molecule has 0 bridgehead atoms. The van der Waals surface area contributed by atoms with Gasteiger partial charge in [-0.1, -0.05) is 26.2 Å². The fraction of sp³-hybridized carbons (Fsp3) is 0.682. The van der Waals surface area contributed by atoms with E-state index in [4.69, 9.17) is 9.47 Å². The summed E-state index contributed by atoms with van der Waals surface area (Å²) in [5.41, 5.74) is 2.86. The zero-order chi connectivity index (χ0) is 19.2. The zero-order valence-corrected chi connectivity index (χ0v) is 19.7. The highest BCUT2D eigenvalue weighted by molar-refractivity contribution is 5.65. The quantitative estimate of drug-likeness (QED) is 0.301. The number of esters is 1. The molecule has 1 N–H and O–H groups in total. The summed E-state index contributed by atoms with van der Waals surface area (Å²) in [7, 11) is 0. The largest absolute Gasteiger partial charge is 1.00 e. The summed E-state index contributed by atoms with van der Waals surface area (Å²) < 4.78 is 11.1. The fourth-order valence-corrected chi connectivity index (χ4v) is 3.88. The van der Waals surface area contributed by atoms with Crippen molar-refractivity contribution in [2.75, 3.05) is 19.8 Å². The molecule has 0 aromatic heterocycles. The van der Waals surface area contributed by atoms with E-state index in [9.17, 15) is 4.79 Å². The number of hydrogen-bond donors (Lipinski definition) is 1. The van der Waals surface area contributed by atoms with Gasteiger partial charge in [-0.05, 0) is 39.3 Å². The van der Waals surface area contributed by atoms with Gasteiger partial charge >= 0.3 is 5.97 Å². The van der Waals surface area contributed by atoms with Gasteiger partial charge in [-0.15, -0.1) is 0 Å². The van der Waals surface area contributed by atoms with Crippen molar-refractivity contribution in [3.8, 4) is 5.75 Å². The van der Waals surface area contributed by atoms with Gasteiger partial charge in [0, 0.05) is 30.4 Å². The average Bonchev–Trinajstić information content (AvgIpc) is 2.78. The third-order valence-electron chi connectivity index (χ3n) is 5.80. The van der Waals surface area contributed by atoms with Gasteiger partial charge in [-0.2, -0.15) is 0 Å². The van der Waals surface area contributed by atoms with E-state index in [0.29, 0.717) is 12.6 Å². The first-order valence-corrected chi connectivity index (χ1v) is 10.1. The summed E-state index contributed by atoms with van der Waals surface area (Å²) in [5, 5.41) is 0. The van der Waals surface area contributed by atoms with E-state index in [0.717, 1.165) is 31.7 Å². The Morgan fingerprint density at radius 3 is 2.56 bits per heavy atom. The molecule has 0 amide bonds. The minimum atomic E-state index is -0.198. The van der Waals surface area contributed by atoms with E-state index in [2.05, 4.69) is 45.9 Å². The van der Waals surface area contributed by atoms with Crippen LogP contribution in [0.25, 0.3) is 0 Å². The standard InChI is InChI=1S/C22H35NO3.HI/c1-6-7-8-9-14-26-19-11-12-21-20(16-19)22(4,5)17(2)23(21)13-10-15-25-18(3)24;/h11-12,16-17H,6-10,13-15H2,1-5H3;1H. The third kappa shape index (κ3) is 6.34. The van der Waals surface area contributed by atoms with E-state index in [1.807, 2.05) is 0 Å². The van der Waals surface area contributed by atoms with Gasteiger partial charge in [0.05, 0.1) is 25.8 Å². The van der Waals surface area contributed by atoms with Crippen LogP contribution in [-0.4, -0.2) is 31.8 Å². The van der Waals surface area contributed by atoms with Crippen molar-refractivity contribution in [2.45, 2.75) is 78.2 Å². The normalized spacial score (nSPS) is 19.9. The Hall–Kier alpha value is -0.820. The molecule has 0 saturated carbocycles. The van der Waals surface area contributed by atoms with Crippen LogP contribution in [0.2, 0.25) is 0 Å². The van der Waals surface area contributed by atoms with Gasteiger partial charge in [0.2, 0.25) is 0 Å². The number of fused-ring (bicyclic) bond motifs is 1. The molecule has 4 nitrogen and oxygen atoms in total. The van der Waals surface area contributed by atoms with Crippen LogP contribution in [0.1, 0.15) is 72.3 Å². The molecule has 5 heteroatoms. The Morgan fingerprint density at radius 1 is 1.15 bits per heavy atom. The second-order valence-electron chi connectivity index (χ2n) is 8.03. The summed E-state index contributed by atoms with van der Waals surface area (Å²) in [6, 6.07) is 7.06. The first-order chi connectivity index (χ1) is 12.4. The maximum atomic E-state index is 10.9. The van der Waals surface area contributed by atoms with Crippen LogP contribution in [-0.2, 0) is 14.9 Å². The molecule has 0 fully saturated rings. The molecule has 1 aromatic carbocycles. The van der Waals surface area contributed by atoms with Crippen molar-refractivity contribution in [3.63, 3.8) is 0 Å². The Labute approximate surface area is 182 Å².